The molecule has 2 aromatic rings. The van der Waals surface area contributed by atoms with Gasteiger partial charge in [-0.2, -0.15) is 0 Å². The molecular weight excluding hydrogens is 448 g/mol. The molecule has 1 saturated carbocycles. The number of ether oxygens (including phenoxy) is 1. The van der Waals surface area contributed by atoms with E-state index >= 15 is 0 Å². The molecule has 2 unspecified atom stereocenters. The summed E-state index contributed by atoms with van der Waals surface area (Å²) in [5, 5.41) is 4.69. The van der Waals surface area contributed by atoms with E-state index in [0.717, 1.165) is 48.0 Å². The van der Waals surface area contributed by atoms with Crippen molar-refractivity contribution in [2.24, 2.45) is 0 Å². The first-order valence-corrected chi connectivity index (χ1v) is 13.3. The Kier molecular flexibility index (Phi) is 7.71. The Morgan fingerprint density at radius 2 is 1.93 bits per heavy atom. The Bertz CT molecular complexity index is 871. The van der Waals surface area contributed by atoms with E-state index in [1.165, 1.54) is 12.8 Å². The summed E-state index contributed by atoms with van der Waals surface area (Å²) < 4.78 is 11.4. The lowest BCUT2D eigenvalue weighted by molar-refractivity contribution is 0.0178. The number of fused-ring (bicyclic) bond motifs is 1. The van der Waals surface area contributed by atoms with Gasteiger partial charge in [-0.05, 0) is 55.0 Å². The zero-order valence-electron chi connectivity index (χ0n) is 16.4. The molecular formula is C19H26ClN3O5P2. The van der Waals surface area contributed by atoms with Crippen LogP contribution in [0.1, 0.15) is 50.2 Å². The molecule has 0 bridgehead atoms. The van der Waals surface area contributed by atoms with Gasteiger partial charge in [0.2, 0.25) is 5.28 Å². The first-order chi connectivity index (χ1) is 14.5. The molecule has 30 heavy (non-hydrogen) atoms. The van der Waals surface area contributed by atoms with Crippen molar-refractivity contribution in [1.82, 2.24) is 9.97 Å². The van der Waals surface area contributed by atoms with Gasteiger partial charge in [0.15, 0.2) is 16.8 Å². The minimum Gasteiger partial charge on any atom is -0.368 e. The lowest BCUT2D eigenvalue weighted by Gasteiger charge is -2.18. The molecule has 2 fully saturated rings. The summed E-state index contributed by atoms with van der Waals surface area (Å²) in [7, 11) is -3.98. The van der Waals surface area contributed by atoms with Crippen LogP contribution in [0.4, 0.5) is 5.82 Å². The van der Waals surface area contributed by atoms with Gasteiger partial charge in [-0.15, -0.1) is 0 Å². The number of nitrogens with zero attached hydrogens (tertiary/aromatic N) is 2. The van der Waals surface area contributed by atoms with E-state index in [2.05, 4.69) is 15.3 Å². The van der Waals surface area contributed by atoms with Crippen LogP contribution in [-0.2, 0) is 9.26 Å². The molecule has 8 nitrogen and oxygen atoms in total. The van der Waals surface area contributed by atoms with Gasteiger partial charge in [-0.3, -0.25) is 0 Å². The molecule has 1 aliphatic carbocycles. The van der Waals surface area contributed by atoms with Crippen LogP contribution >= 0.6 is 28.4 Å². The fraction of sp³-hybridized carbons (Fsp3) is 0.579. The highest BCUT2D eigenvalue weighted by Gasteiger charge is 2.28. The molecule has 164 valence electrons. The standard InChI is InChI=1S/C19H26ClN3O5P2/c20-19-22-16-9-12(5-7-15(16)18(23-19)21-13-3-1-2-4-13)17-8-6-14(28-17)10-27-30(26)11-29(24)25/h5,7,9,13-14,17,24-26H,1-4,6,8,10-11H2,(H,21,22,23)/t14?,17-,30?/m1/s1. The second-order valence-electron chi connectivity index (χ2n) is 7.73. The van der Waals surface area contributed by atoms with E-state index in [4.69, 9.17) is 30.6 Å². The summed E-state index contributed by atoms with van der Waals surface area (Å²) in [5.74, 6) is 0.662. The Hall–Kier alpha value is -0.690. The van der Waals surface area contributed by atoms with Crippen molar-refractivity contribution >= 4 is 45.1 Å². The minimum absolute atomic E-state index is 0.0827. The molecule has 2 aliphatic rings. The predicted octanol–water partition coefficient (Wildman–Crippen LogP) is 4.43. The van der Waals surface area contributed by atoms with Crippen LogP contribution < -0.4 is 5.32 Å². The van der Waals surface area contributed by atoms with E-state index in [0.29, 0.717) is 6.04 Å². The third kappa shape index (κ3) is 5.76. The molecule has 0 amide bonds. The highest BCUT2D eigenvalue weighted by molar-refractivity contribution is 7.63. The van der Waals surface area contributed by atoms with Crippen molar-refractivity contribution in [3.05, 3.63) is 29.0 Å². The summed E-state index contributed by atoms with van der Waals surface area (Å²) in [5.41, 5.74) is 1.81. The topological polar surface area (TPSA) is 117 Å². The Morgan fingerprint density at radius 3 is 2.70 bits per heavy atom. The zero-order valence-corrected chi connectivity index (χ0v) is 19.0. The number of nitrogens with one attached hydrogen (secondary N) is 1. The highest BCUT2D eigenvalue weighted by Crippen LogP contribution is 2.45. The van der Waals surface area contributed by atoms with Crippen LogP contribution in [0.5, 0.6) is 0 Å². The normalized spacial score (nSPS) is 23.5. The van der Waals surface area contributed by atoms with Gasteiger partial charge in [-0.1, -0.05) is 18.9 Å². The van der Waals surface area contributed by atoms with Crippen molar-refractivity contribution in [3.63, 3.8) is 0 Å². The molecule has 1 aromatic carbocycles. The van der Waals surface area contributed by atoms with Crippen molar-refractivity contribution in [2.45, 2.75) is 56.8 Å². The van der Waals surface area contributed by atoms with Crippen LogP contribution in [0.2, 0.25) is 5.28 Å². The van der Waals surface area contributed by atoms with Gasteiger partial charge in [0.1, 0.15) is 5.82 Å². The number of benzene rings is 1. The smallest absolute Gasteiger partial charge is 0.224 e. The molecule has 2 heterocycles. The van der Waals surface area contributed by atoms with E-state index in [9.17, 15) is 4.89 Å². The van der Waals surface area contributed by atoms with Gasteiger partial charge >= 0.3 is 0 Å². The van der Waals surface area contributed by atoms with Crippen molar-refractivity contribution < 1.29 is 23.9 Å². The van der Waals surface area contributed by atoms with Gasteiger partial charge in [0.05, 0.1) is 30.2 Å². The number of rotatable bonds is 8. The van der Waals surface area contributed by atoms with Crippen LogP contribution in [0, 0.1) is 0 Å². The minimum atomic E-state index is -2.15. The van der Waals surface area contributed by atoms with Gasteiger partial charge in [-0.25, -0.2) is 9.97 Å². The third-order valence-corrected chi connectivity index (χ3v) is 8.12. The van der Waals surface area contributed by atoms with E-state index in [1.807, 2.05) is 18.2 Å². The second kappa shape index (κ2) is 10.3. The number of hydrogen-bond acceptors (Lipinski definition) is 8. The third-order valence-electron chi connectivity index (χ3n) is 5.53. The second-order valence-corrected chi connectivity index (χ2v) is 10.9. The lowest BCUT2D eigenvalue weighted by Crippen LogP contribution is -2.16. The molecule has 1 aliphatic heterocycles. The number of hydrogen-bond donors (Lipinski definition) is 4. The summed E-state index contributed by atoms with van der Waals surface area (Å²) in [6, 6.07) is 6.49. The molecule has 1 saturated heterocycles. The summed E-state index contributed by atoms with van der Waals surface area (Å²) in [4.78, 5) is 36.4. The first-order valence-electron chi connectivity index (χ1n) is 10.1. The fourth-order valence-corrected chi connectivity index (χ4v) is 5.79. The molecule has 1 aromatic heterocycles. The summed E-state index contributed by atoms with van der Waals surface area (Å²) in [6.45, 7) is 0.235. The van der Waals surface area contributed by atoms with Crippen molar-refractivity contribution in [2.75, 3.05) is 17.8 Å². The molecule has 4 rings (SSSR count). The van der Waals surface area contributed by atoms with Crippen molar-refractivity contribution in [3.8, 4) is 0 Å². The van der Waals surface area contributed by atoms with Crippen LogP contribution in [-0.4, -0.2) is 49.3 Å². The largest absolute Gasteiger partial charge is 0.368 e. The van der Waals surface area contributed by atoms with Gasteiger partial charge in [0.25, 0.3) is 0 Å². The fourth-order valence-electron chi connectivity index (χ4n) is 4.08. The summed E-state index contributed by atoms with van der Waals surface area (Å²) >= 11 is 6.19. The maximum absolute atomic E-state index is 9.69. The van der Waals surface area contributed by atoms with E-state index < -0.39 is 16.8 Å². The first kappa shape index (κ1) is 22.5. The number of anilines is 1. The van der Waals surface area contributed by atoms with Gasteiger partial charge in [0, 0.05) is 11.4 Å². The molecule has 0 radical (unpaired) electrons. The van der Waals surface area contributed by atoms with Crippen molar-refractivity contribution in [1.29, 1.82) is 0 Å². The average Bonchev–Trinajstić information content (AvgIpc) is 3.37. The Balaban J connectivity index is 1.42. The average molecular weight is 474 g/mol. The Morgan fingerprint density at radius 1 is 1.13 bits per heavy atom. The maximum atomic E-state index is 9.69. The van der Waals surface area contributed by atoms with Crippen LogP contribution in [0.3, 0.4) is 0 Å². The maximum Gasteiger partial charge on any atom is 0.224 e. The SMILES string of the molecule is OP(O)CP(O)OCC1CC[C@H](c2ccc3c(NC4CCCC4)nc(Cl)nc3c2)O1. The van der Waals surface area contributed by atoms with Crippen LogP contribution in [0.15, 0.2) is 18.2 Å². The monoisotopic (exact) mass is 473 g/mol. The molecule has 11 heteroatoms. The number of halogens is 1. The summed E-state index contributed by atoms with van der Waals surface area (Å²) in [6.07, 6.45) is 6.19. The Labute approximate surface area is 182 Å². The quantitative estimate of drug-likeness (QED) is 0.328. The molecule has 0 spiro atoms. The molecule has 3 atom stereocenters. The lowest BCUT2D eigenvalue weighted by atomic mass is 10.0. The molecule has 4 N–H and O–H groups in total. The zero-order chi connectivity index (χ0) is 21.1. The van der Waals surface area contributed by atoms with E-state index in [-0.39, 0.29) is 30.0 Å². The van der Waals surface area contributed by atoms with Crippen LogP contribution in [0.25, 0.3) is 10.9 Å². The van der Waals surface area contributed by atoms with E-state index in [1.54, 1.807) is 0 Å². The van der Waals surface area contributed by atoms with Gasteiger partial charge < -0.3 is 29.3 Å². The predicted molar refractivity (Wildman–Crippen MR) is 119 cm³/mol. The highest BCUT2D eigenvalue weighted by atomic mass is 35.5. The number of aromatic nitrogens is 2.